The Hall–Kier alpha value is -1.31. The zero-order valence-electron chi connectivity index (χ0n) is 7.49. The Bertz CT molecular complexity index is 294. The van der Waals surface area contributed by atoms with Crippen molar-refractivity contribution in [3.8, 4) is 0 Å². The lowest BCUT2D eigenvalue weighted by atomic mass is 10.2. The second-order valence-electron chi connectivity index (χ2n) is 3.49. The Morgan fingerprint density at radius 2 is 2.00 bits per heavy atom. The number of nitrogens with one attached hydrogen (secondary N) is 1. The molecule has 2 rings (SSSR count). The fraction of sp³-hybridized carbons (Fsp3) is 0.364. The van der Waals surface area contributed by atoms with Gasteiger partial charge in [-0.1, -0.05) is 18.2 Å². The molecule has 1 fully saturated rings. The molecule has 2 nitrogen and oxygen atoms in total. The minimum absolute atomic E-state index is 0.356. The summed E-state index contributed by atoms with van der Waals surface area (Å²) in [6, 6.07) is 10.4. The van der Waals surface area contributed by atoms with Crippen molar-refractivity contribution in [2.75, 3.05) is 5.32 Å². The molecule has 1 aliphatic rings. The summed E-state index contributed by atoms with van der Waals surface area (Å²) in [7, 11) is 0. The van der Waals surface area contributed by atoms with Crippen LogP contribution >= 0.6 is 0 Å². The van der Waals surface area contributed by atoms with E-state index in [9.17, 15) is 4.79 Å². The lowest BCUT2D eigenvalue weighted by Crippen LogP contribution is -2.15. The van der Waals surface area contributed by atoms with Crippen molar-refractivity contribution in [1.29, 1.82) is 0 Å². The quantitative estimate of drug-likeness (QED) is 0.746. The van der Waals surface area contributed by atoms with Crippen molar-refractivity contribution >= 4 is 11.5 Å². The maximum absolute atomic E-state index is 11.0. The third kappa shape index (κ3) is 2.08. The molecule has 1 aromatic carbocycles. The van der Waals surface area contributed by atoms with E-state index in [-0.39, 0.29) is 0 Å². The van der Waals surface area contributed by atoms with Gasteiger partial charge in [-0.05, 0) is 18.6 Å². The van der Waals surface area contributed by atoms with Crippen LogP contribution in [0, 0.1) is 0 Å². The molecule has 0 bridgehead atoms. The van der Waals surface area contributed by atoms with Crippen LogP contribution in [0.4, 0.5) is 5.69 Å². The van der Waals surface area contributed by atoms with E-state index in [1.54, 1.807) is 0 Å². The number of benzene rings is 1. The third-order valence-electron chi connectivity index (χ3n) is 2.39. The molecule has 0 radical (unpaired) electrons. The highest BCUT2D eigenvalue weighted by atomic mass is 16.1. The second-order valence-corrected chi connectivity index (χ2v) is 3.49. The van der Waals surface area contributed by atoms with Gasteiger partial charge in [-0.15, -0.1) is 0 Å². The lowest BCUT2D eigenvalue weighted by molar-refractivity contribution is -0.117. The molecule has 1 aromatic rings. The van der Waals surface area contributed by atoms with E-state index in [4.69, 9.17) is 0 Å². The monoisotopic (exact) mass is 175 g/mol. The van der Waals surface area contributed by atoms with Crippen molar-refractivity contribution in [2.45, 2.75) is 25.3 Å². The molecule has 68 valence electrons. The van der Waals surface area contributed by atoms with Gasteiger partial charge in [0.15, 0.2) is 0 Å². The number of anilines is 1. The highest BCUT2D eigenvalue weighted by Crippen LogP contribution is 2.19. The minimum atomic E-state index is 0.356. The zero-order valence-corrected chi connectivity index (χ0v) is 7.49. The fourth-order valence-electron chi connectivity index (χ4n) is 1.71. The van der Waals surface area contributed by atoms with Gasteiger partial charge in [-0.25, -0.2) is 0 Å². The number of hydrogen-bond acceptors (Lipinski definition) is 2. The van der Waals surface area contributed by atoms with Crippen molar-refractivity contribution < 1.29 is 4.79 Å². The predicted molar refractivity (Wildman–Crippen MR) is 52.7 cm³/mol. The molecule has 0 heterocycles. The van der Waals surface area contributed by atoms with Gasteiger partial charge < -0.3 is 5.32 Å². The first-order chi connectivity index (χ1) is 6.34. The zero-order chi connectivity index (χ0) is 9.10. The number of ketones is 1. The second kappa shape index (κ2) is 3.60. The first-order valence-corrected chi connectivity index (χ1v) is 4.68. The van der Waals surface area contributed by atoms with Crippen LogP contribution in [0.1, 0.15) is 19.3 Å². The van der Waals surface area contributed by atoms with Crippen LogP contribution < -0.4 is 5.32 Å². The Kier molecular flexibility index (Phi) is 2.30. The van der Waals surface area contributed by atoms with Crippen molar-refractivity contribution in [3.05, 3.63) is 30.3 Å². The maximum atomic E-state index is 11.0. The molecule has 1 N–H and O–H groups in total. The van der Waals surface area contributed by atoms with Crippen molar-refractivity contribution in [3.63, 3.8) is 0 Å². The summed E-state index contributed by atoms with van der Waals surface area (Å²) < 4.78 is 0. The molecular weight excluding hydrogens is 162 g/mol. The van der Waals surface area contributed by atoms with Crippen LogP contribution in [0.15, 0.2) is 30.3 Å². The number of carbonyl (C=O) groups is 1. The van der Waals surface area contributed by atoms with Crippen LogP contribution in [0.3, 0.4) is 0 Å². The molecule has 1 unspecified atom stereocenters. The van der Waals surface area contributed by atoms with Crippen LogP contribution in [0.2, 0.25) is 0 Å². The van der Waals surface area contributed by atoms with Gasteiger partial charge in [0.1, 0.15) is 5.78 Å². The molecule has 1 saturated carbocycles. The molecule has 0 saturated heterocycles. The van der Waals surface area contributed by atoms with Gasteiger partial charge in [0.05, 0.1) is 0 Å². The van der Waals surface area contributed by atoms with Gasteiger partial charge in [0.2, 0.25) is 0 Å². The van der Waals surface area contributed by atoms with Crippen LogP contribution in [-0.4, -0.2) is 11.8 Å². The largest absolute Gasteiger partial charge is 0.382 e. The maximum Gasteiger partial charge on any atom is 0.135 e. The van der Waals surface area contributed by atoms with Gasteiger partial charge in [-0.2, -0.15) is 0 Å². The Morgan fingerprint density at radius 1 is 1.23 bits per heavy atom. The summed E-state index contributed by atoms with van der Waals surface area (Å²) in [6.07, 6.45) is 2.41. The van der Waals surface area contributed by atoms with Gasteiger partial charge >= 0.3 is 0 Å². The Morgan fingerprint density at radius 3 is 2.62 bits per heavy atom. The average molecular weight is 175 g/mol. The van der Waals surface area contributed by atoms with Crippen LogP contribution in [-0.2, 0) is 4.79 Å². The lowest BCUT2D eigenvalue weighted by Gasteiger charge is -2.11. The van der Waals surface area contributed by atoms with E-state index in [0.717, 1.165) is 18.5 Å². The first-order valence-electron chi connectivity index (χ1n) is 4.68. The van der Waals surface area contributed by atoms with Gasteiger partial charge in [-0.3, -0.25) is 4.79 Å². The molecular formula is C11H13NO. The van der Waals surface area contributed by atoms with Gasteiger partial charge in [0, 0.05) is 24.6 Å². The normalized spacial score (nSPS) is 21.8. The molecule has 1 aliphatic carbocycles. The van der Waals surface area contributed by atoms with Crippen molar-refractivity contribution in [2.24, 2.45) is 0 Å². The van der Waals surface area contributed by atoms with E-state index in [0.29, 0.717) is 18.2 Å². The number of rotatable bonds is 2. The molecule has 0 amide bonds. The predicted octanol–water partition coefficient (Wildman–Crippen LogP) is 2.22. The third-order valence-corrected chi connectivity index (χ3v) is 2.39. The smallest absolute Gasteiger partial charge is 0.135 e. The van der Waals surface area contributed by atoms with E-state index < -0.39 is 0 Å². The van der Waals surface area contributed by atoms with Crippen LogP contribution in [0.25, 0.3) is 0 Å². The van der Waals surface area contributed by atoms with Crippen LogP contribution in [0.5, 0.6) is 0 Å². The molecule has 0 spiro atoms. The van der Waals surface area contributed by atoms with Crippen molar-refractivity contribution in [1.82, 2.24) is 0 Å². The van der Waals surface area contributed by atoms with E-state index >= 15 is 0 Å². The van der Waals surface area contributed by atoms with E-state index in [1.165, 1.54) is 0 Å². The molecule has 1 atom stereocenters. The SMILES string of the molecule is O=C1CCC(Nc2ccccc2)C1. The molecule has 0 aromatic heterocycles. The van der Waals surface area contributed by atoms with Gasteiger partial charge in [0.25, 0.3) is 0 Å². The van der Waals surface area contributed by atoms with E-state index in [2.05, 4.69) is 5.32 Å². The summed E-state index contributed by atoms with van der Waals surface area (Å²) >= 11 is 0. The highest BCUT2D eigenvalue weighted by Gasteiger charge is 2.21. The van der Waals surface area contributed by atoms with E-state index in [1.807, 2.05) is 30.3 Å². The minimum Gasteiger partial charge on any atom is -0.382 e. The summed E-state index contributed by atoms with van der Waals surface area (Å²) in [5.74, 6) is 0.383. The Labute approximate surface area is 78.0 Å². The Balaban J connectivity index is 1.96. The highest BCUT2D eigenvalue weighted by molar-refractivity contribution is 5.81. The number of carbonyl (C=O) groups excluding carboxylic acids is 1. The standard InChI is InChI=1S/C11H13NO/c13-11-7-6-10(8-11)12-9-4-2-1-3-5-9/h1-5,10,12H,6-8H2. The molecule has 13 heavy (non-hydrogen) atoms. The molecule has 0 aliphatic heterocycles. The summed E-state index contributed by atoms with van der Waals surface area (Å²) in [6.45, 7) is 0. The summed E-state index contributed by atoms with van der Waals surface area (Å²) in [5.41, 5.74) is 1.11. The first kappa shape index (κ1) is 8.30. The average Bonchev–Trinajstić information content (AvgIpc) is 2.53. The number of Topliss-reactive ketones (excluding diaryl/α,β-unsaturated/α-hetero) is 1. The fourth-order valence-corrected chi connectivity index (χ4v) is 1.71. The summed E-state index contributed by atoms with van der Waals surface area (Å²) in [5, 5.41) is 3.35. The topological polar surface area (TPSA) is 29.1 Å². The summed E-state index contributed by atoms with van der Waals surface area (Å²) in [4.78, 5) is 11.0. The number of para-hydroxylation sites is 1. The molecule has 2 heteroatoms. The number of hydrogen-bond donors (Lipinski definition) is 1.